The number of Topliss-reactive ketones (excluding diaryl/α,β-unsaturated/α-hetero) is 2. The van der Waals surface area contributed by atoms with Crippen LogP contribution in [0.1, 0.15) is 68.5 Å². The van der Waals surface area contributed by atoms with E-state index in [-0.39, 0.29) is 60.9 Å². The van der Waals surface area contributed by atoms with E-state index in [0.717, 1.165) is 32.1 Å². The van der Waals surface area contributed by atoms with Gasteiger partial charge in [0.15, 0.2) is 5.78 Å². The van der Waals surface area contributed by atoms with E-state index in [9.17, 15) is 19.2 Å². The van der Waals surface area contributed by atoms with Crippen molar-refractivity contribution in [2.75, 3.05) is 13.2 Å². The minimum Gasteiger partial charge on any atom is -0.465 e. The Balaban J connectivity index is 1.52. The Bertz CT molecular complexity index is 1060. The Labute approximate surface area is 204 Å². The fourth-order valence-corrected chi connectivity index (χ4v) is 8.52. The maximum Gasteiger partial charge on any atom is 0.348 e. The normalized spacial score (nSPS) is 38.8. The van der Waals surface area contributed by atoms with Crippen LogP contribution in [0.5, 0.6) is 0 Å². The number of carbonyl (C=O) groups excluding carboxylic acids is 4. The molecule has 2 unspecified atom stereocenters. The second-order valence-corrected chi connectivity index (χ2v) is 12.1. The minimum absolute atomic E-state index is 0.00274. The molecule has 5 fully saturated rings. The topological polar surface area (TPSA) is 86.7 Å². The first kappa shape index (κ1) is 23.5. The lowest BCUT2D eigenvalue weighted by Gasteiger charge is -2.66. The fraction of sp³-hybridized carbons (Fsp3) is 0.630. The third-order valence-corrected chi connectivity index (χ3v) is 10.3. The quantitative estimate of drug-likeness (QED) is 0.340. The molecule has 1 spiro atoms. The molecule has 1 heterocycles. The van der Waals surface area contributed by atoms with Crippen LogP contribution < -0.4 is 0 Å². The molecule has 7 heteroatoms. The Hall–Kier alpha value is -2.28. The summed E-state index contributed by atoms with van der Waals surface area (Å²) in [7, 11) is 0. The largest absolute Gasteiger partial charge is 0.465 e. The van der Waals surface area contributed by atoms with E-state index in [0.29, 0.717) is 16.9 Å². The summed E-state index contributed by atoms with van der Waals surface area (Å²) in [6, 6.07) is 3.56. The summed E-state index contributed by atoms with van der Waals surface area (Å²) in [5.41, 5.74) is -1.37. The molecule has 5 aliphatic carbocycles. The molecule has 2 bridgehead atoms. The van der Waals surface area contributed by atoms with Crippen molar-refractivity contribution in [1.82, 2.24) is 0 Å². The number of hydrogen-bond donors (Lipinski definition) is 0. The number of esters is 2. The van der Waals surface area contributed by atoms with Crippen molar-refractivity contribution in [1.29, 1.82) is 0 Å². The summed E-state index contributed by atoms with van der Waals surface area (Å²) in [5, 5.41) is 1.84. The van der Waals surface area contributed by atoms with Crippen molar-refractivity contribution >= 4 is 34.8 Å². The van der Waals surface area contributed by atoms with E-state index in [1.54, 1.807) is 6.07 Å². The smallest absolute Gasteiger partial charge is 0.348 e. The van der Waals surface area contributed by atoms with Gasteiger partial charge in [0.05, 0.1) is 18.6 Å². The van der Waals surface area contributed by atoms with Crippen molar-refractivity contribution in [3.63, 3.8) is 0 Å². The van der Waals surface area contributed by atoms with Gasteiger partial charge in [-0.3, -0.25) is 14.4 Å². The number of carbonyl (C=O) groups is 4. The van der Waals surface area contributed by atoms with E-state index in [1.807, 2.05) is 11.4 Å². The zero-order valence-corrected chi connectivity index (χ0v) is 20.7. The second-order valence-electron chi connectivity index (χ2n) is 11.1. The number of thiophene rings is 1. The highest BCUT2D eigenvalue weighted by atomic mass is 32.1. The van der Waals surface area contributed by atoms with Gasteiger partial charge >= 0.3 is 11.9 Å². The maximum atomic E-state index is 13.8. The highest BCUT2D eigenvalue weighted by molar-refractivity contribution is 7.11. The van der Waals surface area contributed by atoms with E-state index in [4.69, 9.17) is 9.47 Å². The zero-order chi connectivity index (χ0) is 24.3. The molecule has 5 saturated carbocycles. The van der Waals surface area contributed by atoms with Crippen molar-refractivity contribution in [2.24, 2.45) is 34.0 Å². The SMILES string of the molecule is C=C1C(=O)[C@]23CC[C@H]1CC2[C@]1(COC(C)=O)CCC[C@@](C)(COC(=O)c2cccs2)C1CC3=O. The molecule has 0 aliphatic heterocycles. The Morgan fingerprint density at radius 3 is 2.65 bits per heavy atom. The molecule has 1 aromatic heterocycles. The average Bonchev–Trinajstić information content (AvgIpc) is 3.36. The zero-order valence-electron chi connectivity index (χ0n) is 19.9. The molecule has 1 aromatic rings. The lowest BCUT2D eigenvalue weighted by molar-refractivity contribution is -0.205. The molecule has 0 aromatic carbocycles. The summed E-state index contributed by atoms with van der Waals surface area (Å²) in [4.78, 5) is 52.5. The summed E-state index contributed by atoms with van der Waals surface area (Å²) in [6.45, 7) is 7.96. The van der Waals surface area contributed by atoms with Crippen LogP contribution in [-0.2, 0) is 23.9 Å². The maximum absolute atomic E-state index is 13.8. The number of allylic oxidation sites excluding steroid dienone is 1. The minimum atomic E-state index is -1.03. The molecule has 34 heavy (non-hydrogen) atoms. The number of rotatable bonds is 5. The molecule has 0 radical (unpaired) electrons. The highest BCUT2D eigenvalue weighted by Gasteiger charge is 2.72. The summed E-state index contributed by atoms with van der Waals surface area (Å²) < 4.78 is 11.5. The summed E-state index contributed by atoms with van der Waals surface area (Å²) in [6.07, 6.45) is 4.84. The fourth-order valence-electron chi connectivity index (χ4n) is 7.90. The predicted octanol–water partition coefficient (Wildman–Crippen LogP) is 4.78. The van der Waals surface area contributed by atoms with Gasteiger partial charge in [0.2, 0.25) is 0 Å². The molecule has 6 rings (SSSR count). The van der Waals surface area contributed by atoms with Gasteiger partial charge in [-0.15, -0.1) is 11.3 Å². The van der Waals surface area contributed by atoms with Crippen LogP contribution >= 0.6 is 11.3 Å². The summed E-state index contributed by atoms with van der Waals surface area (Å²) >= 11 is 1.34. The van der Waals surface area contributed by atoms with Crippen molar-refractivity contribution in [3.05, 3.63) is 34.5 Å². The second kappa shape index (κ2) is 8.14. The third kappa shape index (κ3) is 3.26. The Morgan fingerprint density at radius 2 is 1.94 bits per heavy atom. The molecular formula is C27H32O6S. The van der Waals surface area contributed by atoms with Gasteiger partial charge < -0.3 is 9.47 Å². The van der Waals surface area contributed by atoms with Crippen LogP contribution in [0.15, 0.2) is 29.7 Å². The number of hydrogen-bond acceptors (Lipinski definition) is 7. The van der Waals surface area contributed by atoms with Crippen LogP contribution in [0, 0.1) is 34.0 Å². The standard InChI is InChI=1S/C27H32O6S/c1-16-18-7-10-27(23(16)30)21(12-18)26(15-32-17(2)28)9-5-8-25(3,20(26)13-22(27)29)14-33-24(31)19-6-4-11-34-19/h4,6,11,18,20-21H,1,5,7-10,12-15H2,2-3H3/t18-,20?,21?,25-,26-,27+/m0/s1. The monoisotopic (exact) mass is 484 g/mol. The van der Waals surface area contributed by atoms with E-state index in [1.165, 1.54) is 18.3 Å². The highest BCUT2D eigenvalue weighted by Crippen LogP contribution is 2.70. The first-order valence-corrected chi connectivity index (χ1v) is 13.1. The first-order valence-electron chi connectivity index (χ1n) is 12.2. The van der Waals surface area contributed by atoms with Gasteiger partial charge in [0.1, 0.15) is 10.7 Å². The molecule has 0 saturated heterocycles. The molecule has 182 valence electrons. The Kier molecular flexibility index (Phi) is 5.62. The van der Waals surface area contributed by atoms with Crippen LogP contribution in [0.2, 0.25) is 0 Å². The van der Waals surface area contributed by atoms with Gasteiger partial charge in [0.25, 0.3) is 0 Å². The number of fused-ring (bicyclic) bond motifs is 3. The van der Waals surface area contributed by atoms with Crippen LogP contribution in [0.4, 0.5) is 0 Å². The van der Waals surface area contributed by atoms with Gasteiger partial charge in [-0.25, -0.2) is 4.79 Å². The molecular weight excluding hydrogens is 452 g/mol. The van der Waals surface area contributed by atoms with Gasteiger partial charge in [-0.1, -0.05) is 26.0 Å². The van der Waals surface area contributed by atoms with Gasteiger partial charge in [-0.05, 0) is 66.9 Å². The molecule has 6 nitrogen and oxygen atoms in total. The first-order chi connectivity index (χ1) is 16.1. The van der Waals surface area contributed by atoms with E-state index < -0.39 is 16.2 Å². The van der Waals surface area contributed by atoms with Crippen molar-refractivity contribution in [2.45, 2.75) is 58.8 Å². The lowest BCUT2D eigenvalue weighted by Crippen LogP contribution is -2.69. The predicted molar refractivity (Wildman–Crippen MR) is 126 cm³/mol. The van der Waals surface area contributed by atoms with Gasteiger partial charge in [0, 0.05) is 24.2 Å². The van der Waals surface area contributed by atoms with Crippen LogP contribution in [-0.4, -0.2) is 36.7 Å². The average molecular weight is 485 g/mol. The van der Waals surface area contributed by atoms with E-state index >= 15 is 0 Å². The molecule has 6 atom stereocenters. The van der Waals surface area contributed by atoms with Crippen molar-refractivity contribution in [3.8, 4) is 0 Å². The molecule has 5 aliphatic rings. The van der Waals surface area contributed by atoms with Crippen LogP contribution in [0.25, 0.3) is 0 Å². The lowest BCUT2D eigenvalue weighted by atomic mass is 9.36. The molecule has 0 amide bonds. The van der Waals surface area contributed by atoms with Crippen molar-refractivity contribution < 1.29 is 28.7 Å². The third-order valence-electron chi connectivity index (χ3n) is 9.50. The Morgan fingerprint density at radius 1 is 1.15 bits per heavy atom. The summed E-state index contributed by atoms with van der Waals surface area (Å²) in [5.74, 6) is -1.00. The molecule has 0 N–H and O–H groups in total. The van der Waals surface area contributed by atoms with Crippen LogP contribution in [0.3, 0.4) is 0 Å². The van der Waals surface area contributed by atoms with Gasteiger partial charge in [-0.2, -0.15) is 0 Å². The van der Waals surface area contributed by atoms with E-state index in [2.05, 4.69) is 13.5 Å². The number of ketones is 2. The number of ether oxygens (including phenoxy) is 2.